The maximum Gasteiger partial charge on any atom is 0.0522 e. The van der Waals surface area contributed by atoms with Crippen LogP contribution in [0.3, 0.4) is 0 Å². The highest BCUT2D eigenvalue weighted by molar-refractivity contribution is 5.81. The third kappa shape index (κ3) is 3.28. The fourth-order valence-electron chi connectivity index (χ4n) is 2.26. The van der Waals surface area contributed by atoms with Gasteiger partial charge in [0, 0.05) is 24.1 Å². The first-order chi connectivity index (χ1) is 10.9. The summed E-state index contributed by atoms with van der Waals surface area (Å²) in [5, 5.41) is 2.53. The molecule has 0 saturated heterocycles. The van der Waals surface area contributed by atoms with Gasteiger partial charge in [0.15, 0.2) is 0 Å². The molecular formula is C20H18N2. The number of hydrogen-bond acceptors (Lipinski definition) is 0. The van der Waals surface area contributed by atoms with Crippen molar-refractivity contribution in [1.82, 2.24) is 9.55 Å². The summed E-state index contributed by atoms with van der Waals surface area (Å²) in [6, 6.07) is 20.6. The smallest absolute Gasteiger partial charge is 0.0522 e. The Labute approximate surface area is 130 Å². The Bertz CT molecular complexity index is 848. The summed E-state index contributed by atoms with van der Waals surface area (Å²) in [5.41, 5.74) is 2.42. The van der Waals surface area contributed by atoms with Gasteiger partial charge in [0.2, 0.25) is 0 Å². The number of benzene rings is 2. The SMILES string of the molecule is C#C.C=Cn1ccc2ccccc21.c1ccc2[nH]ccc2c1. The Morgan fingerprint density at radius 2 is 1.55 bits per heavy atom. The number of terminal acetylenes is 1. The minimum Gasteiger partial charge on any atom is -0.361 e. The Kier molecular flexibility index (Phi) is 5.23. The third-order valence-corrected chi connectivity index (χ3v) is 3.29. The van der Waals surface area contributed by atoms with Crippen molar-refractivity contribution in [3.8, 4) is 12.8 Å². The molecule has 0 atom stereocenters. The standard InChI is InChI=1S/C10H9N.C8H7N.C2H2/c1-2-11-8-7-9-5-3-4-6-10(9)11;1-2-4-8-7(3-1)5-6-9-8;1-2/h2-8H,1H2;1-6,9H;1-2H. The van der Waals surface area contributed by atoms with E-state index in [-0.39, 0.29) is 0 Å². The molecule has 0 fully saturated rings. The Balaban J connectivity index is 0.000000146. The summed E-state index contributed by atoms with van der Waals surface area (Å²) in [5.74, 6) is 0. The van der Waals surface area contributed by atoms with Crippen LogP contribution < -0.4 is 0 Å². The fraction of sp³-hybridized carbons (Fsp3) is 0. The number of aromatic amines is 1. The van der Waals surface area contributed by atoms with Crippen molar-refractivity contribution in [3.63, 3.8) is 0 Å². The molecule has 22 heavy (non-hydrogen) atoms. The summed E-state index contributed by atoms with van der Waals surface area (Å²) in [7, 11) is 0. The molecule has 2 heteroatoms. The van der Waals surface area contributed by atoms with Crippen molar-refractivity contribution >= 4 is 28.0 Å². The summed E-state index contributed by atoms with van der Waals surface area (Å²) >= 11 is 0. The number of fused-ring (bicyclic) bond motifs is 2. The summed E-state index contributed by atoms with van der Waals surface area (Å²) < 4.78 is 2.01. The van der Waals surface area contributed by atoms with Crippen molar-refractivity contribution in [2.75, 3.05) is 0 Å². The molecule has 4 aromatic rings. The second-order valence-corrected chi connectivity index (χ2v) is 4.53. The highest BCUT2D eigenvalue weighted by atomic mass is 14.9. The van der Waals surface area contributed by atoms with E-state index in [4.69, 9.17) is 0 Å². The molecule has 0 aliphatic heterocycles. The van der Waals surface area contributed by atoms with Crippen LogP contribution in [-0.2, 0) is 0 Å². The van der Waals surface area contributed by atoms with E-state index in [1.54, 1.807) is 0 Å². The van der Waals surface area contributed by atoms with Gasteiger partial charge in [-0.15, -0.1) is 12.8 Å². The normalized spacial score (nSPS) is 9.36. The van der Waals surface area contributed by atoms with Gasteiger partial charge in [-0.1, -0.05) is 43.0 Å². The highest BCUT2D eigenvalue weighted by Crippen LogP contribution is 2.14. The zero-order chi connectivity index (χ0) is 15.8. The number of nitrogens with zero attached hydrogens (tertiary/aromatic N) is 1. The van der Waals surface area contributed by atoms with E-state index in [0.29, 0.717) is 0 Å². The lowest BCUT2D eigenvalue weighted by Gasteiger charge is -1.94. The first-order valence-corrected chi connectivity index (χ1v) is 6.92. The van der Waals surface area contributed by atoms with Gasteiger partial charge < -0.3 is 9.55 Å². The Hall–Kier alpha value is -3.18. The molecule has 4 rings (SSSR count). The van der Waals surface area contributed by atoms with E-state index < -0.39 is 0 Å². The average molecular weight is 286 g/mol. The largest absolute Gasteiger partial charge is 0.361 e. The van der Waals surface area contributed by atoms with Crippen molar-refractivity contribution in [3.05, 3.63) is 79.6 Å². The van der Waals surface area contributed by atoms with Crippen LogP contribution >= 0.6 is 0 Å². The zero-order valence-corrected chi connectivity index (χ0v) is 12.3. The number of para-hydroxylation sites is 2. The van der Waals surface area contributed by atoms with Gasteiger partial charge in [0.1, 0.15) is 0 Å². The molecule has 0 aliphatic carbocycles. The van der Waals surface area contributed by atoms with Gasteiger partial charge in [-0.25, -0.2) is 0 Å². The molecule has 0 saturated carbocycles. The van der Waals surface area contributed by atoms with E-state index >= 15 is 0 Å². The molecular weight excluding hydrogens is 268 g/mol. The predicted octanol–water partition coefficient (Wildman–Crippen LogP) is 5.16. The fourth-order valence-corrected chi connectivity index (χ4v) is 2.26. The minimum atomic E-state index is 1.21. The van der Waals surface area contributed by atoms with Gasteiger partial charge in [-0.3, -0.25) is 0 Å². The first-order valence-electron chi connectivity index (χ1n) is 6.92. The first kappa shape index (κ1) is 15.2. The number of H-pyrrole nitrogens is 1. The summed E-state index contributed by atoms with van der Waals surface area (Å²) in [6.45, 7) is 3.72. The molecule has 0 unspecified atom stereocenters. The van der Waals surface area contributed by atoms with E-state index in [1.807, 2.05) is 47.4 Å². The van der Waals surface area contributed by atoms with E-state index in [9.17, 15) is 0 Å². The zero-order valence-electron chi connectivity index (χ0n) is 12.3. The van der Waals surface area contributed by atoms with E-state index in [1.165, 1.54) is 21.8 Å². The van der Waals surface area contributed by atoms with Gasteiger partial charge in [0.25, 0.3) is 0 Å². The quantitative estimate of drug-likeness (QED) is 0.467. The molecule has 0 amide bonds. The Morgan fingerprint density at radius 1 is 0.864 bits per heavy atom. The van der Waals surface area contributed by atoms with Crippen LogP contribution in [0.4, 0.5) is 0 Å². The molecule has 2 aromatic carbocycles. The van der Waals surface area contributed by atoms with Crippen molar-refractivity contribution in [1.29, 1.82) is 0 Å². The molecule has 0 radical (unpaired) electrons. The van der Waals surface area contributed by atoms with Crippen LogP contribution in [0.1, 0.15) is 0 Å². The van der Waals surface area contributed by atoms with Crippen LogP contribution in [0.15, 0.2) is 79.6 Å². The number of aromatic nitrogens is 2. The molecule has 2 aromatic heterocycles. The van der Waals surface area contributed by atoms with E-state index in [2.05, 4.69) is 60.8 Å². The van der Waals surface area contributed by atoms with Gasteiger partial charge in [-0.05, 0) is 35.0 Å². The van der Waals surface area contributed by atoms with Crippen molar-refractivity contribution in [2.45, 2.75) is 0 Å². The van der Waals surface area contributed by atoms with Crippen LogP contribution in [0, 0.1) is 12.8 Å². The molecule has 0 spiro atoms. The minimum absolute atomic E-state index is 1.21. The van der Waals surface area contributed by atoms with Crippen molar-refractivity contribution < 1.29 is 0 Å². The van der Waals surface area contributed by atoms with Crippen molar-refractivity contribution in [2.24, 2.45) is 0 Å². The van der Waals surface area contributed by atoms with Crippen LogP contribution in [0.25, 0.3) is 28.0 Å². The monoisotopic (exact) mass is 286 g/mol. The molecule has 2 heterocycles. The maximum absolute atomic E-state index is 4.00. The average Bonchev–Trinajstić information content (AvgIpc) is 3.23. The lowest BCUT2D eigenvalue weighted by molar-refractivity contribution is 1.23. The maximum atomic E-state index is 4.00. The highest BCUT2D eigenvalue weighted by Gasteiger charge is 1.93. The van der Waals surface area contributed by atoms with E-state index in [0.717, 1.165) is 0 Å². The number of nitrogens with one attached hydrogen (secondary N) is 1. The topological polar surface area (TPSA) is 20.7 Å². The lowest BCUT2D eigenvalue weighted by Crippen LogP contribution is -1.79. The third-order valence-electron chi connectivity index (χ3n) is 3.29. The Morgan fingerprint density at radius 3 is 2.27 bits per heavy atom. The number of rotatable bonds is 1. The van der Waals surface area contributed by atoms with Gasteiger partial charge in [0.05, 0.1) is 5.52 Å². The molecule has 1 N–H and O–H groups in total. The van der Waals surface area contributed by atoms with Crippen LogP contribution in [0.5, 0.6) is 0 Å². The molecule has 0 bridgehead atoms. The second-order valence-electron chi connectivity index (χ2n) is 4.53. The van der Waals surface area contributed by atoms with Gasteiger partial charge >= 0.3 is 0 Å². The number of hydrogen-bond donors (Lipinski definition) is 1. The molecule has 108 valence electrons. The lowest BCUT2D eigenvalue weighted by atomic mass is 10.2. The van der Waals surface area contributed by atoms with Gasteiger partial charge in [-0.2, -0.15) is 0 Å². The molecule has 2 nitrogen and oxygen atoms in total. The predicted molar refractivity (Wildman–Crippen MR) is 96.5 cm³/mol. The summed E-state index contributed by atoms with van der Waals surface area (Å²) in [4.78, 5) is 3.12. The van der Waals surface area contributed by atoms with Crippen LogP contribution in [-0.4, -0.2) is 9.55 Å². The summed E-state index contributed by atoms with van der Waals surface area (Å²) in [6.07, 6.45) is 13.8. The second kappa shape index (κ2) is 7.56. The molecule has 0 aliphatic rings. The van der Waals surface area contributed by atoms with Crippen LogP contribution in [0.2, 0.25) is 0 Å².